The highest BCUT2D eigenvalue weighted by Gasteiger charge is 2.12. The van der Waals surface area contributed by atoms with Gasteiger partial charge in [0, 0.05) is 37.9 Å². The number of hydrogen-bond acceptors (Lipinski definition) is 4. The Bertz CT molecular complexity index is 498. The van der Waals surface area contributed by atoms with Crippen LogP contribution in [0.3, 0.4) is 0 Å². The molecule has 17 heavy (non-hydrogen) atoms. The van der Waals surface area contributed by atoms with Crippen molar-refractivity contribution in [1.82, 2.24) is 30.1 Å². The molecule has 1 atom stereocenters. The summed E-state index contributed by atoms with van der Waals surface area (Å²) in [5.41, 5.74) is 3.48. The largest absolute Gasteiger partial charge is 0.304 e. The van der Waals surface area contributed by atoms with Crippen molar-refractivity contribution in [3.05, 3.63) is 29.3 Å². The van der Waals surface area contributed by atoms with Crippen molar-refractivity contribution in [2.24, 2.45) is 14.1 Å². The molecule has 0 aliphatic rings. The summed E-state index contributed by atoms with van der Waals surface area (Å²) < 4.78 is 3.66. The smallest absolute Gasteiger partial charge is 0.0738 e. The molecular weight excluding hydrogens is 216 g/mol. The van der Waals surface area contributed by atoms with Crippen molar-refractivity contribution < 1.29 is 0 Å². The second-order valence-electron chi connectivity index (χ2n) is 4.26. The number of nitrogens with zero attached hydrogens (tertiary/aromatic N) is 5. The third kappa shape index (κ3) is 2.36. The van der Waals surface area contributed by atoms with Gasteiger partial charge in [0.1, 0.15) is 0 Å². The van der Waals surface area contributed by atoms with Crippen LogP contribution in [0.1, 0.15) is 29.9 Å². The standard InChI is InChI=1S/C11H18N6/c1-8(11-7-14-16(3)9(11)2)12-5-10-6-13-15-17(10)4/h6-8,12H,5H2,1-4H3. The molecule has 2 aromatic rings. The van der Waals surface area contributed by atoms with Gasteiger partial charge in [-0.25, -0.2) is 0 Å². The zero-order valence-electron chi connectivity index (χ0n) is 10.7. The number of nitrogens with one attached hydrogen (secondary N) is 1. The Balaban J connectivity index is 2.00. The highest BCUT2D eigenvalue weighted by atomic mass is 15.4. The lowest BCUT2D eigenvalue weighted by Gasteiger charge is -2.13. The summed E-state index contributed by atoms with van der Waals surface area (Å²) in [4.78, 5) is 0. The van der Waals surface area contributed by atoms with E-state index in [-0.39, 0.29) is 6.04 Å². The summed E-state index contributed by atoms with van der Waals surface area (Å²) in [6, 6.07) is 0.263. The maximum atomic E-state index is 4.25. The van der Waals surface area contributed by atoms with E-state index in [1.165, 1.54) is 11.3 Å². The first-order chi connectivity index (χ1) is 8.09. The molecule has 0 bridgehead atoms. The van der Waals surface area contributed by atoms with Crippen LogP contribution in [-0.2, 0) is 20.6 Å². The van der Waals surface area contributed by atoms with Gasteiger partial charge in [0.2, 0.25) is 0 Å². The molecule has 0 saturated heterocycles. The predicted molar refractivity (Wildman–Crippen MR) is 64.2 cm³/mol. The van der Waals surface area contributed by atoms with E-state index in [1.807, 2.05) is 25.0 Å². The lowest BCUT2D eigenvalue weighted by molar-refractivity contribution is 0.543. The van der Waals surface area contributed by atoms with E-state index in [9.17, 15) is 0 Å². The van der Waals surface area contributed by atoms with Gasteiger partial charge in [-0.3, -0.25) is 9.36 Å². The number of hydrogen-bond donors (Lipinski definition) is 1. The lowest BCUT2D eigenvalue weighted by Crippen LogP contribution is -2.20. The van der Waals surface area contributed by atoms with E-state index in [2.05, 4.69) is 34.6 Å². The molecule has 92 valence electrons. The quantitative estimate of drug-likeness (QED) is 0.846. The SMILES string of the molecule is Cc1c(C(C)NCc2cnnn2C)cnn1C. The number of aromatic nitrogens is 5. The average molecular weight is 234 g/mol. The minimum absolute atomic E-state index is 0.263. The third-order valence-corrected chi connectivity index (χ3v) is 3.14. The van der Waals surface area contributed by atoms with E-state index < -0.39 is 0 Å². The van der Waals surface area contributed by atoms with Crippen LogP contribution in [0, 0.1) is 6.92 Å². The van der Waals surface area contributed by atoms with Crippen molar-refractivity contribution in [2.75, 3.05) is 0 Å². The molecule has 2 aromatic heterocycles. The van der Waals surface area contributed by atoms with Gasteiger partial charge in [0.25, 0.3) is 0 Å². The predicted octanol–water partition coefficient (Wildman–Crippen LogP) is 0.708. The van der Waals surface area contributed by atoms with Crippen molar-refractivity contribution >= 4 is 0 Å². The monoisotopic (exact) mass is 234 g/mol. The fourth-order valence-corrected chi connectivity index (χ4v) is 1.78. The normalized spacial score (nSPS) is 12.9. The number of rotatable bonds is 4. The molecule has 6 nitrogen and oxygen atoms in total. The van der Waals surface area contributed by atoms with Crippen LogP contribution in [0.5, 0.6) is 0 Å². The van der Waals surface area contributed by atoms with Crippen LogP contribution < -0.4 is 5.32 Å². The van der Waals surface area contributed by atoms with Gasteiger partial charge in [-0.1, -0.05) is 5.21 Å². The topological polar surface area (TPSA) is 60.6 Å². The van der Waals surface area contributed by atoms with Gasteiger partial charge >= 0.3 is 0 Å². The van der Waals surface area contributed by atoms with Gasteiger partial charge in [0.15, 0.2) is 0 Å². The van der Waals surface area contributed by atoms with Gasteiger partial charge in [-0.15, -0.1) is 5.10 Å². The fourth-order valence-electron chi connectivity index (χ4n) is 1.78. The molecule has 0 aromatic carbocycles. The maximum Gasteiger partial charge on any atom is 0.0738 e. The van der Waals surface area contributed by atoms with Gasteiger partial charge in [0.05, 0.1) is 18.1 Å². The zero-order chi connectivity index (χ0) is 12.4. The minimum atomic E-state index is 0.263. The third-order valence-electron chi connectivity index (χ3n) is 3.14. The number of aryl methyl sites for hydroxylation is 2. The Morgan fingerprint density at radius 3 is 2.59 bits per heavy atom. The maximum absolute atomic E-state index is 4.25. The highest BCUT2D eigenvalue weighted by Crippen LogP contribution is 2.16. The van der Waals surface area contributed by atoms with Crippen molar-refractivity contribution in [3.8, 4) is 0 Å². The van der Waals surface area contributed by atoms with Crippen LogP contribution in [0.4, 0.5) is 0 Å². The summed E-state index contributed by atoms with van der Waals surface area (Å²) >= 11 is 0. The molecule has 0 aliphatic heterocycles. The molecule has 0 aliphatic carbocycles. The van der Waals surface area contributed by atoms with Gasteiger partial charge in [-0.2, -0.15) is 5.10 Å². The summed E-state index contributed by atoms with van der Waals surface area (Å²) in [6.07, 6.45) is 3.68. The summed E-state index contributed by atoms with van der Waals surface area (Å²) in [5, 5.41) is 15.4. The minimum Gasteiger partial charge on any atom is -0.304 e. The summed E-state index contributed by atoms with van der Waals surface area (Å²) in [5.74, 6) is 0. The Labute approximate surface area is 101 Å². The molecule has 1 N–H and O–H groups in total. The first-order valence-corrected chi connectivity index (χ1v) is 5.65. The van der Waals surface area contributed by atoms with E-state index >= 15 is 0 Å². The molecule has 2 rings (SSSR count). The second kappa shape index (κ2) is 4.67. The van der Waals surface area contributed by atoms with Crippen LogP contribution in [-0.4, -0.2) is 24.8 Å². The first-order valence-electron chi connectivity index (χ1n) is 5.65. The molecule has 0 amide bonds. The van der Waals surface area contributed by atoms with E-state index in [0.717, 1.165) is 12.2 Å². The van der Waals surface area contributed by atoms with Crippen molar-refractivity contribution in [1.29, 1.82) is 0 Å². The Hall–Kier alpha value is -1.69. The van der Waals surface area contributed by atoms with Crippen LogP contribution in [0.2, 0.25) is 0 Å². The van der Waals surface area contributed by atoms with E-state index in [1.54, 1.807) is 10.9 Å². The Morgan fingerprint density at radius 1 is 1.29 bits per heavy atom. The Kier molecular flexibility index (Phi) is 3.23. The van der Waals surface area contributed by atoms with Gasteiger partial charge < -0.3 is 5.32 Å². The van der Waals surface area contributed by atoms with E-state index in [0.29, 0.717) is 0 Å². The fraction of sp³-hybridized carbons (Fsp3) is 0.545. The van der Waals surface area contributed by atoms with Crippen LogP contribution in [0.25, 0.3) is 0 Å². The molecule has 0 spiro atoms. The highest BCUT2D eigenvalue weighted by molar-refractivity contribution is 5.19. The molecule has 6 heteroatoms. The molecular formula is C11H18N6. The van der Waals surface area contributed by atoms with Gasteiger partial charge in [-0.05, 0) is 13.8 Å². The first kappa shape index (κ1) is 11.8. The van der Waals surface area contributed by atoms with Crippen LogP contribution >= 0.6 is 0 Å². The molecule has 1 unspecified atom stereocenters. The Morgan fingerprint density at radius 2 is 2.06 bits per heavy atom. The second-order valence-corrected chi connectivity index (χ2v) is 4.26. The van der Waals surface area contributed by atoms with E-state index in [4.69, 9.17) is 0 Å². The van der Waals surface area contributed by atoms with Crippen molar-refractivity contribution in [3.63, 3.8) is 0 Å². The molecule has 2 heterocycles. The summed E-state index contributed by atoms with van der Waals surface area (Å²) in [6.45, 7) is 4.96. The van der Waals surface area contributed by atoms with Crippen LogP contribution in [0.15, 0.2) is 12.4 Å². The lowest BCUT2D eigenvalue weighted by atomic mass is 10.1. The molecule has 0 fully saturated rings. The molecule has 0 radical (unpaired) electrons. The molecule has 0 saturated carbocycles. The average Bonchev–Trinajstić information content (AvgIpc) is 2.84. The zero-order valence-corrected chi connectivity index (χ0v) is 10.7. The summed E-state index contributed by atoms with van der Waals surface area (Å²) in [7, 11) is 3.85. The van der Waals surface area contributed by atoms with Crippen molar-refractivity contribution in [2.45, 2.75) is 26.4 Å².